The van der Waals surface area contributed by atoms with Crippen LogP contribution in [0.3, 0.4) is 0 Å². The van der Waals surface area contributed by atoms with Crippen molar-refractivity contribution in [2.75, 3.05) is 30.2 Å². The van der Waals surface area contributed by atoms with Crippen molar-refractivity contribution >= 4 is 34.4 Å². The van der Waals surface area contributed by atoms with E-state index in [-0.39, 0.29) is 11.9 Å². The highest BCUT2D eigenvalue weighted by Crippen LogP contribution is 2.31. The molecule has 22 heavy (non-hydrogen) atoms. The fraction of sp³-hybridized carbons (Fsp3) is 0.375. The lowest BCUT2D eigenvalue weighted by Gasteiger charge is -2.20. The number of pyridine rings is 1. The maximum absolute atomic E-state index is 12.7. The van der Waals surface area contributed by atoms with E-state index >= 15 is 0 Å². The van der Waals surface area contributed by atoms with Gasteiger partial charge < -0.3 is 4.74 Å². The van der Waals surface area contributed by atoms with Gasteiger partial charge in [-0.3, -0.25) is 15.0 Å². The number of carbonyl (C=O) groups excluding carboxylic acids is 1. The average molecular weight is 315 g/mol. The number of methoxy groups -OCH3 is 1. The van der Waals surface area contributed by atoms with Crippen LogP contribution in [0, 0.1) is 0 Å². The molecule has 5 nitrogen and oxygen atoms in total. The molecular weight excluding hydrogens is 298 g/mol. The Hall–Kier alpha value is -1.79. The Bertz CT molecular complexity index is 743. The molecule has 1 fully saturated rings. The summed E-state index contributed by atoms with van der Waals surface area (Å²) in [5.41, 5.74) is 2.02. The van der Waals surface area contributed by atoms with Crippen LogP contribution < -0.4 is 15.0 Å². The van der Waals surface area contributed by atoms with Crippen molar-refractivity contribution in [2.24, 2.45) is 0 Å². The van der Waals surface area contributed by atoms with E-state index in [2.05, 4.69) is 11.4 Å². The van der Waals surface area contributed by atoms with Crippen molar-refractivity contribution in [3.05, 3.63) is 29.8 Å². The van der Waals surface area contributed by atoms with Crippen molar-refractivity contribution < 1.29 is 9.53 Å². The molecule has 1 saturated heterocycles. The molecule has 0 saturated carbocycles. The molecule has 6 heteroatoms. The third-order valence-corrected chi connectivity index (χ3v) is 5.16. The van der Waals surface area contributed by atoms with E-state index in [1.54, 1.807) is 18.9 Å². The molecule has 1 amide bonds. The van der Waals surface area contributed by atoms with Gasteiger partial charge in [0.15, 0.2) is 0 Å². The number of ether oxygens (including phenoxy) is 1. The zero-order chi connectivity index (χ0) is 15.1. The second-order valence-corrected chi connectivity index (χ2v) is 6.57. The summed E-state index contributed by atoms with van der Waals surface area (Å²) >= 11 is 1.76. The van der Waals surface area contributed by atoms with Gasteiger partial charge in [-0.25, -0.2) is 4.98 Å². The number of fused-ring (bicyclic) bond motifs is 2. The highest BCUT2D eigenvalue weighted by atomic mass is 32.2. The van der Waals surface area contributed by atoms with Crippen LogP contribution in [-0.2, 0) is 11.2 Å². The van der Waals surface area contributed by atoms with Crippen molar-refractivity contribution in [1.29, 1.82) is 0 Å². The quantitative estimate of drug-likeness (QED) is 0.916. The number of hydrogen-bond donors (Lipinski definition) is 1. The van der Waals surface area contributed by atoms with Gasteiger partial charge in [0, 0.05) is 29.6 Å². The van der Waals surface area contributed by atoms with Gasteiger partial charge in [-0.05, 0) is 30.2 Å². The van der Waals surface area contributed by atoms with Gasteiger partial charge in [0.25, 0.3) is 0 Å². The van der Waals surface area contributed by atoms with Crippen molar-refractivity contribution in [1.82, 2.24) is 10.3 Å². The number of carbonyl (C=O) groups is 1. The molecule has 0 bridgehead atoms. The number of hydrogen-bond acceptors (Lipinski definition) is 5. The normalized spacial score (nSPS) is 20.4. The Balaban J connectivity index is 1.73. The first-order valence-electron chi connectivity index (χ1n) is 7.36. The maximum Gasteiger partial charge on any atom is 0.246 e. The fourth-order valence-electron chi connectivity index (χ4n) is 3.02. The van der Waals surface area contributed by atoms with Gasteiger partial charge in [-0.1, -0.05) is 0 Å². The van der Waals surface area contributed by atoms with Crippen LogP contribution in [0.5, 0.6) is 5.75 Å². The molecule has 0 aliphatic carbocycles. The summed E-state index contributed by atoms with van der Waals surface area (Å²) in [5, 5.41) is 4.33. The topological polar surface area (TPSA) is 54.5 Å². The second-order valence-electron chi connectivity index (χ2n) is 5.54. The van der Waals surface area contributed by atoms with E-state index < -0.39 is 0 Å². The first kappa shape index (κ1) is 13.8. The van der Waals surface area contributed by atoms with Crippen LogP contribution in [0.25, 0.3) is 10.9 Å². The van der Waals surface area contributed by atoms with Crippen LogP contribution in [-0.4, -0.2) is 42.2 Å². The van der Waals surface area contributed by atoms with E-state index in [1.165, 1.54) is 0 Å². The summed E-state index contributed by atoms with van der Waals surface area (Å²) in [5.74, 6) is 3.42. The molecule has 3 heterocycles. The predicted octanol–water partition coefficient (Wildman–Crippen LogP) is 1.79. The Morgan fingerprint density at radius 2 is 2.36 bits per heavy atom. The zero-order valence-electron chi connectivity index (χ0n) is 12.3. The number of rotatable bonds is 2. The summed E-state index contributed by atoms with van der Waals surface area (Å²) in [6, 6.07) is 7.93. The SMILES string of the molecule is COc1ccc2cc3c(nc2c1)N(C(=O)C1CSCN1)CC3. The Morgan fingerprint density at radius 3 is 3.14 bits per heavy atom. The zero-order valence-corrected chi connectivity index (χ0v) is 13.2. The van der Waals surface area contributed by atoms with Gasteiger partial charge in [-0.15, -0.1) is 11.8 Å². The van der Waals surface area contributed by atoms with Crippen LogP contribution in [0.4, 0.5) is 5.82 Å². The molecule has 2 aromatic rings. The molecule has 1 atom stereocenters. The Morgan fingerprint density at radius 1 is 1.45 bits per heavy atom. The van der Waals surface area contributed by atoms with Gasteiger partial charge >= 0.3 is 0 Å². The molecule has 114 valence electrons. The van der Waals surface area contributed by atoms with E-state index in [4.69, 9.17) is 9.72 Å². The minimum absolute atomic E-state index is 0.0845. The fourth-order valence-corrected chi connectivity index (χ4v) is 3.95. The smallest absolute Gasteiger partial charge is 0.246 e. The lowest BCUT2D eigenvalue weighted by Crippen LogP contribution is -2.44. The monoisotopic (exact) mass is 315 g/mol. The second kappa shape index (κ2) is 5.44. The van der Waals surface area contributed by atoms with Crippen molar-refractivity contribution in [3.63, 3.8) is 0 Å². The van der Waals surface area contributed by atoms with Crippen LogP contribution in [0.2, 0.25) is 0 Å². The average Bonchev–Trinajstić information content (AvgIpc) is 3.21. The highest BCUT2D eigenvalue weighted by Gasteiger charge is 2.33. The van der Waals surface area contributed by atoms with Crippen molar-refractivity contribution in [2.45, 2.75) is 12.5 Å². The molecule has 2 aliphatic heterocycles. The molecule has 2 aliphatic rings. The Labute approximate surface area is 133 Å². The molecule has 1 aromatic carbocycles. The summed E-state index contributed by atoms with van der Waals surface area (Å²) in [6.07, 6.45) is 0.871. The molecule has 1 aromatic heterocycles. The lowest BCUT2D eigenvalue weighted by molar-refractivity contribution is -0.119. The van der Waals surface area contributed by atoms with Crippen LogP contribution >= 0.6 is 11.8 Å². The van der Waals surface area contributed by atoms with Crippen LogP contribution in [0.1, 0.15) is 5.56 Å². The van der Waals surface area contributed by atoms with E-state index in [0.717, 1.165) is 52.6 Å². The lowest BCUT2D eigenvalue weighted by atomic mass is 10.1. The first-order valence-corrected chi connectivity index (χ1v) is 8.52. The molecular formula is C16H17N3O2S. The largest absolute Gasteiger partial charge is 0.497 e. The number of thioether (sulfide) groups is 1. The minimum atomic E-state index is -0.0845. The summed E-state index contributed by atoms with van der Waals surface area (Å²) < 4.78 is 5.26. The summed E-state index contributed by atoms with van der Waals surface area (Å²) in [7, 11) is 1.65. The van der Waals surface area contributed by atoms with E-state index in [0.29, 0.717) is 0 Å². The van der Waals surface area contributed by atoms with Crippen molar-refractivity contribution in [3.8, 4) is 5.75 Å². The van der Waals surface area contributed by atoms with Crippen LogP contribution in [0.15, 0.2) is 24.3 Å². The standard InChI is InChI=1S/C16H17N3O2S/c1-21-12-3-2-10-6-11-4-5-19(15(11)18-13(10)7-12)16(20)14-8-22-9-17-14/h2-3,6-7,14,17H,4-5,8-9H2,1H3. The number of nitrogens with one attached hydrogen (secondary N) is 1. The molecule has 1 N–H and O–H groups in total. The number of anilines is 1. The maximum atomic E-state index is 12.7. The third kappa shape index (κ3) is 2.23. The van der Waals surface area contributed by atoms with Gasteiger partial charge in [0.05, 0.1) is 18.7 Å². The molecule has 0 spiro atoms. The number of amides is 1. The number of benzene rings is 1. The van der Waals surface area contributed by atoms with E-state index in [1.807, 2.05) is 23.1 Å². The first-order chi connectivity index (χ1) is 10.8. The third-order valence-electron chi connectivity index (χ3n) is 4.22. The molecule has 0 radical (unpaired) electrons. The Kier molecular flexibility index (Phi) is 3.43. The predicted molar refractivity (Wildman–Crippen MR) is 88.6 cm³/mol. The van der Waals surface area contributed by atoms with Gasteiger partial charge in [0.1, 0.15) is 11.6 Å². The van der Waals surface area contributed by atoms with E-state index in [9.17, 15) is 4.79 Å². The summed E-state index contributed by atoms with van der Waals surface area (Å²) in [6.45, 7) is 0.720. The van der Waals surface area contributed by atoms with Gasteiger partial charge in [0.2, 0.25) is 5.91 Å². The van der Waals surface area contributed by atoms with Gasteiger partial charge in [-0.2, -0.15) is 0 Å². The molecule has 4 rings (SSSR count). The number of aromatic nitrogens is 1. The molecule has 1 unspecified atom stereocenters. The number of nitrogens with zero attached hydrogens (tertiary/aromatic N) is 2. The highest BCUT2D eigenvalue weighted by molar-refractivity contribution is 7.99. The summed E-state index contributed by atoms with van der Waals surface area (Å²) in [4.78, 5) is 19.2. The minimum Gasteiger partial charge on any atom is -0.497 e.